The number of nitrogens with zero attached hydrogens (tertiary/aromatic N) is 1. The van der Waals surface area contributed by atoms with Crippen molar-refractivity contribution in [3.8, 4) is 17.6 Å². The number of nitrogens with one attached hydrogen (secondary N) is 1. The molecule has 0 aliphatic rings. The van der Waals surface area contributed by atoms with Gasteiger partial charge in [0.05, 0.1) is 6.07 Å². The van der Waals surface area contributed by atoms with Gasteiger partial charge in [0.15, 0.2) is 0 Å². The highest BCUT2D eigenvalue weighted by atomic mass is 16.5. The van der Waals surface area contributed by atoms with Crippen molar-refractivity contribution in [2.75, 3.05) is 0 Å². The van der Waals surface area contributed by atoms with E-state index in [1.807, 2.05) is 37.3 Å². The number of aryl methyl sites for hydroxylation is 1. The number of hydrogen-bond acceptors (Lipinski definition) is 3. The molecule has 0 unspecified atom stereocenters. The molecule has 0 saturated heterocycles. The molecule has 2 aromatic rings. The summed E-state index contributed by atoms with van der Waals surface area (Å²) in [4.78, 5) is 11.3. The average molecular weight is 336 g/mol. The van der Waals surface area contributed by atoms with E-state index in [-0.39, 0.29) is 17.7 Å². The second-order valence-electron chi connectivity index (χ2n) is 7.11. The zero-order valence-electron chi connectivity index (χ0n) is 15.2. The van der Waals surface area contributed by atoms with Crippen LogP contribution in [-0.4, -0.2) is 5.91 Å². The van der Waals surface area contributed by atoms with Gasteiger partial charge in [-0.3, -0.25) is 4.79 Å². The second kappa shape index (κ2) is 7.85. The first-order valence-electron chi connectivity index (χ1n) is 8.31. The van der Waals surface area contributed by atoms with E-state index >= 15 is 0 Å². The summed E-state index contributed by atoms with van der Waals surface area (Å²) in [7, 11) is 0. The molecule has 25 heavy (non-hydrogen) atoms. The molecule has 2 aromatic carbocycles. The van der Waals surface area contributed by atoms with Crippen molar-refractivity contribution in [1.82, 2.24) is 5.32 Å². The van der Waals surface area contributed by atoms with Crippen LogP contribution in [0.15, 0.2) is 42.5 Å². The van der Waals surface area contributed by atoms with Crippen molar-refractivity contribution in [3.63, 3.8) is 0 Å². The molecule has 0 radical (unpaired) electrons. The summed E-state index contributed by atoms with van der Waals surface area (Å²) in [5.74, 6) is 1.35. The third kappa shape index (κ3) is 5.36. The van der Waals surface area contributed by atoms with Gasteiger partial charge in [0.2, 0.25) is 5.91 Å². The van der Waals surface area contributed by atoms with Crippen molar-refractivity contribution in [2.24, 2.45) is 0 Å². The fourth-order valence-corrected chi connectivity index (χ4v) is 2.47. The van der Waals surface area contributed by atoms with Gasteiger partial charge in [-0.15, -0.1) is 0 Å². The standard InChI is InChI=1S/C21H24N2O2/c1-15-5-10-18(21(2,3)4)19(13-15)25-17-8-6-16(7-9-17)14-23-20(24)11-12-22/h5-10,13H,11,14H2,1-4H3,(H,23,24). The Hall–Kier alpha value is -2.80. The molecular weight excluding hydrogens is 312 g/mol. The fraction of sp³-hybridized carbons (Fsp3) is 0.333. The smallest absolute Gasteiger partial charge is 0.234 e. The van der Waals surface area contributed by atoms with Gasteiger partial charge in [-0.1, -0.05) is 45.0 Å². The van der Waals surface area contributed by atoms with E-state index < -0.39 is 0 Å². The van der Waals surface area contributed by atoms with Crippen molar-refractivity contribution in [3.05, 3.63) is 59.2 Å². The maximum atomic E-state index is 11.3. The largest absolute Gasteiger partial charge is 0.457 e. The zero-order chi connectivity index (χ0) is 18.4. The lowest BCUT2D eigenvalue weighted by Crippen LogP contribution is -2.21. The minimum Gasteiger partial charge on any atom is -0.457 e. The number of nitriles is 1. The Bertz CT molecular complexity index is 781. The third-order valence-electron chi connectivity index (χ3n) is 3.83. The number of hydrogen-bond donors (Lipinski definition) is 1. The molecular formula is C21H24N2O2. The highest BCUT2D eigenvalue weighted by Crippen LogP contribution is 2.34. The number of carbonyl (C=O) groups excluding carboxylic acids is 1. The Morgan fingerprint density at radius 2 is 1.84 bits per heavy atom. The van der Waals surface area contributed by atoms with E-state index in [4.69, 9.17) is 10.00 Å². The number of rotatable bonds is 5. The molecule has 130 valence electrons. The lowest BCUT2D eigenvalue weighted by molar-refractivity contribution is -0.120. The molecule has 4 heteroatoms. The van der Waals surface area contributed by atoms with Crippen LogP contribution in [0.5, 0.6) is 11.5 Å². The van der Waals surface area contributed by atoms with E-state index in [0.717, 1.165) is 28.2 Å². The monoisotopic (exact) mass is 336 g/mol. The molecule has 0 atom stereocenters. The van der Waals surface area contributed by atoms with Crippen molar-refractivity contribution < 1.29 is 9.53 Å². The summed E-state index contributed by atoms with van der Waals surface area (Å²) in [6.45, 7) is 8.94. The van der Waals surface area contributed by atoms with Crippen LogP contribution < -0.4 is 10.1 Å². The zero-order valence-corrected chi connectivity index (χ0v) is 15.2. The average Bonchev–Trinajstić information content (AvgIpc) is 2.53. The number of ether oxygens (including phenoxy) is 1. The quantitative estimate of drug-likeness (QED) is 0.867. The van der Waals surface area contributed by atoms with Crippen molar-refractivity contribution in [2.45, 2.75) is 46.1 Å². The van der Waals surface area contributed by atoms with Gasteiger partial charge in [0, 0.05) is 12.1 Å². The SMILES string of the molecule is Cc1ccc(C(C)(C)C)c(Oc2ccc(CNC(=O)CC#N)cc2)c1. The number of amides is 1. The normalized spacial score (nSPS) is 10.8. The van der Waals surface area contributed by atoms with Gasteiger partial charge in [0.25, 0.3) is 0 Å². The predicted molar refractivity (Wildman–Crippen MR) is 98.5 cm³/mol. The van der Waals surface area contributed by atoms with Gasteiger partial charge in [-0.05, 0) is 41.7 Å². The van der Waals surface area contributed by atoms with E-state index in [1.165, 1.54) is 0 Å². The Balaban J connectivity index is 2.11. The maximum Gasteiger partial charge on any atom is 0.234 e. The molecule has 0 aliphatic heterocycles. The summed E-state index contributed by atoms with van der Waals surface area (Å²) in [5, 5.41) is 11.2. The molecule has 1 N–H and O–H groups in total. The lowest BCUT2D eigenvalue weighted by atomic mass is 9.86. The Morgan fingerprint density at radius 3 is 2.44 bits per heavy atom. The highest BCUT2D eigenvalue weighted by Gasteiger charge is 2.19. The minimum atomic E-state index is -0.266. The summed E-state index contributed by atoms with van der Waals surface area (Å²) >= 11 is 0. The molecule has 1 amide bonds. The summed E-state index contributed by atoms with van der Waals surface area (Å²) in [6, 6.07) is 15.7. The predicted octanol–water partition coefficient (Wildman–Crippen LogP) is 4.61. The van der Waals surface area contributed by atoms with Gasteiger partial charge in [-0.25, -0.2) is 0 Å². The minimum absolute atomic E-state index is 0.00596. The summed E-state index contributed by atoms with van der Waals surface area (Å²) in [5.41, 5.74) is 3.26. The maximum absolute atomic E-state index is 11.3. The van der Waals surface area contributed by atoms with Gasteiger partial charge in [0.1, 0.15) is 17.9 Å². The Labute approximate surface area is 149 Å². The molecule has 2 rings (SSSR count). The van der Waals surface area contributed by atoms with Crippen LogP contribution in [0, 0.1) is 18.3 Å². The van der Waals surface area contributed by atoms with Gasteiger partial charge < -0.3 is 10.1 Å². The summed E-state index contributed by atoms with van der Waals surface area (Å²) in [6.07, 6.45) is -0.121. The van der Waals surface area contributed by atoms with E-state index in [2.05, 4.69) is 44.3 Å². The fourth-order valence-electron chi connectivity index (χ4n) is 2.47. The summed E-state index contributed by atoms with van der Waals surface area (Å²) < 4.78 is 6.11. The van der Waals surface area contributed by atoms with E-state index in [9.17, 15) is 4.79 Å². The van der Waals surface area contributed by atoms with Crippen LogP contribution >= 0.6 is 0 Å². The second-order valence-corrected chi connectivity index (χ2v) is 7.11. The number of benzene rings is 2. The van der Waals surface area contributed by atoms with Crippen molar-refractivity contribution in [1.29, 1.82) is 5.26 Å². The molecule has 0 aliphatic carbocycles. The first kappa shape index (κ1) is 18.5. The van der Waals surface area contributed by atoms with Gasteiger partial charge >= 0.3 is 0 Å². The van der Waals surface area contributed by atoms with Crippen LogP contribution in [0.2, 0.25) is 0 Å². The molecule has 0 spiro atoms. The van der Waals surface area contributed by atoms with Crippen LogP contribution in [0.4, 0.5) is 0 Å². The van der Waals surface area contributed by atoms with Crippen LogP contribution in [0.3, 0.4) is 0 Å². The third-order valence-corrected chi connectivity index (χ3v) is 3.83. The first-order valence-corrected chi connectivity index (χ1v) is 8.31. The topological polar surface area (TPSA) is 62.1 Å². The molecule has 4 nitrogen and oxygen atoms in total. The molecule has 0 aromatic heterocycles. The van der Waals surface area contributed by atoms with E-state index in [1.54, 1.807) is 0 Å². The molecule has 0 fully saturated rings. The van der Waals surface area contributed by atoms with Crippen molar-refractivity contribution >= 4 is 5.91 Å². The van der Waals surface area contributed by atoms with Crippen LogP contribution in [0.25, 0.3) is 0 Å². The first-order chi connectivity index (χ1) is 11.8. The molecule has 0 saturated carbocycles. The van der Waals surface area contributed by atoms with Gasteiger partial charge in [-0.2, -0.15) is 5.26 Å². The Morgan fingerprint density at radius 1 is 1.16 bits per heavy atom. The Kier molecular flexibility index (Phi) is 5.82. The van der Waals surface area contributed by atoms with Crippen LogP contribution in [-0.2, 0) is 16.8 Å². The van der Waals surface area contributed by atoms with Crippen LogP contribution in [0.1, 0.15) is 43.9 Å². The van der Waals surface area contributed by atoms with E-state index in [0.29, 0.717) is 6.54 Å². The number of carbonyl (C=O) groups is 1. The molecule has 0 bridgehead atoms. The molecule has 0 heterocycles. The highest BCUT2D eigenvalue weighted by molar-refractivity contribution is 5.77. The lowest BCUT2D eigenvalue weighted by Gasteiger charge is -2.23.